The van der Waals surface area contributed by atoms with Crippen molar-refractivity contribution in [3.05, 3.63) is 59.9 Å². The van der Waals surface area contributed by atoms with Crippen molar-refractivity contribution in [1.82, 2.24) is 0 Å². The van der Waals surface area contributed by atoms with E-state index >= 15 is 0 Å². The number of carbonyl (C=O) groups excluding carboxylic acids is 1. The fraction of sp³-hybridized carbons (Fsp3) is 0.188. The molecule has 0 saturated heterocycles. The lowest BCUT2D eigenvalue weighted by molar-refractivity contribution is -0.127. The van der Waals surface area contributed by atoms with Crippen LogP contribution >= 0.6 is 0 Å². The van der Waals surface area contributed by atoms with Gasteiger partial charge in [-0.2, -0.15) is 0 Å². The zero-order valence-corrected chi connectivity index (χ0v) is 11.2. The zero-order valence-electron chi connectivity index (χ0n) is 11.2. The molecule has 4 nitrogen and oxygen atoms in total. The summed E-state index contributed by atoms with van der Waals surface area (Å²) in [5.74, 6) is -0.557. The van der Waals surface area contributed by atoms with E-state index in [0.29, 0.717) is 23.5 Å². The van der Waals surface area contributed by atoms with Crippen LogP contribution < -0.4 is 9.64 Å². The second-order valence-electron chi connectivity index (χ2n) is 4.76. The van der Waals surface area contributed by atoms with Crippen molar-refractivity contribution in [3.63, 3.8) is 0 Å². The summed E-state index contributed by atoms with van der Waals surface area (Å²) in [6, 6.07) is 12.7. The lowest BCUT2D eigenvalue weighted by Gasteiger charge is -2.31. The van der Waals surface area contributed by atoms with Crippen LogP contribution in [0, 0.1) is 5.82 Å². The molecule has 0 aromatic heterocycles. The van der Waals surface area contributed by atoms with E-state index < -0.39 is 17.8 Å². The number of hydrogen-bond donors (Lipinski definition) is 1. The highest BCUT2D eigenvalue weighted by Gasteiger charge is 2.29. The van der Waals surface area contributed by atoms with Crippen molar-refractivity contribution in [2.45, 2.75) is 6.10 Å². The van der Waals surface area contributed by atoms with Gasteiger partial charge in [-0.25, -0.2) is 4.39 Å². The smallest absolute Gasteiger partial charge is 0.260 e. The molecule has 5 heteroatoms. The van der Waals surface area contributed by atoms with E-state index in [1.165, 1.54) is 23.1 Å². The SMILES string of the molecule is O=C(C(O)c1ccccc1)N1CCOc2cc(F)ccc21. The first-order valence-electron chi connectivity index (χ1n) is 6.63. The number of hydrogen-bond acceptors (Lipinski definition) is 3. The number of benzene rings is 2. The van der Waals surface area contributed by atoms with Crippen molar-refractivity contribution in [2.75, 3.05) is 18.1 Å². The Balaban J connectivity index is 1.90. The highest BCUT2D eigenvalue weighted by Crippen LogP contribution is 2.33. The molecule has 0 radical (unpaired) electrons. The Morgan fingerprint density at radius 1 is 1.24 bits per heavy atom. The Morgan fingerprint density at radius 2 is 2.00 bits per heavy atom. The van der Waals surface area contributed by atoms with Gasteiger partial charge < -0.3 is 14.7 Å². The van der Waals surface area contributed by atoms with E-state index in [2.05, 4.69) is 0 Å². The van der Waals surface area contributed by atoms with Gasteiger partial charge in [0.1, 0.15) is 18.2 Å². The topological polar surface area (TPSA) is 49.8 Å². The number of anilines is 1. The number of carbonyl (C=O) groups is 1. The van der Waals surface area contributed by atoms with Crippen LogP contribution in [0.5, 0.6) is 5.75 Å². The molecule has 21 heavy (non-hydrogen) atoms. The molecule has 0 fully saturated rings. The van der Waals surface area contributed by atoms with E-state index in [4.69, 9.17) is 4.74 Å². The van der Waals surface area contributed by atoms with Gasteiger partial charge in [0.15, 0.2) is 6.10 Å². The molecule has 2 aromatic rings. The molecule has 1 aliphatic rings. The van der Waals surface area contributed by atoms with Crippen LogP contribution in [-0.2, 0) is 4.79 Å². The van der Waals surface area contributed by atoms with Gasteiger partial charge in [0.05, 0.1) is 12.2 Å². The summed E-state index contributed by atoms with van der Waals surface area (Å²) in [4.78, 5) is 13.9. The van der Waals surface area contributed by atoms with Crippen LogP contribution in [0.3, 0.4) is 0 Å². The lowest BCUT2D eigenvalue weighted by Crippen LogP contribution is -2.40. The number of amides is 1. The molecule has 1 N–H and O–H groups in total. The number of aliphatic hydroxyl groups excluding tert-OH is 1. The summed E-state index contributed by atoms with van der Waals surface area (Å²) in [6.45, 7) is 0.588. The third-order valence-electron chi connectivity index (χ3n) is 3.40. The Kier molecular flexibility index (Phi) is 3.58. The van der Waals surface area contributed by atoms with Gasteiger partial charge in [0.25, 0.3) is 5.91 Å². The summed E-state index contributed by atoms with van der Waals surface area (Å²) < 4.78 is 18.6. The number of fused-ring (bicyclic) bond motifs is 1. The maximum Gasteiger partial charge on any atom is 0.260 e. The number of aliphatic hydroxyl groups is 1. The highest BCUT2D eigenvalue weighted by molar-refractivity contribution is 5.98. The molecule has 1 atom stereocenters. The van der Waals surface area contributed by atoms with Crippen molar-refractivity contribution < 1.29 is 19.0 Å². The third-order valence-corrected chi connectivity index (χ3v) is 3.40. The summed E-state index contributed by atoms with van der Waals surface area (Å²) in [7, 11) is 0. The van der Waals surface area contributed by atoms with Crippen LogP contribution in [-0.4, -0.2) is 24.2 Å². The first-order valence-corrected chi connectivity index (χ1v) is 6.63. The summed E-state index contributed by atoms with van der Waals surface area (Å²) >= 11 is 0. The molecule has 1 aliphatic heterocycles. The molecular formula is C16H14FNO3. The zero-order chi connectivity index (χ0) is 14.8. The molecule has 1 amide bonds. The largest absolute Gasteiger partial charge is 0.489 e. The predicted molar refractivity (Wildman–Crippen MR) is 75.6 cm³/mol. The average molecular weight is 287 g/mol. The second kappa shape index (κ2) is 5.54. The quantitative estimate of drug-likeness (QED) is 0.922. The van der Waals surface area contributed by atoms with Crippen LogP contribution in [0.25, 0.3) is 0 Å². The minimum Gasteiger partial charge on any atom is -0.489 e. The minimum atomic E-state index is -1.25. The average Bonchev–Trinajstić information content (AvgIpc) is 2.53. The maximum absolute atomic E-state index is 13.2. The van der Waals surface area contributed by atoms with Crippen LogP contribution in [0.4, 0.5) is 10.1 Å². The van der Waals surface area contributed by atoms with Crippen LogP contribution in [0.2, 0.25) is 0 Å². The summed E-state index contributed by atoms with van der Waals surface area (Å²) in [5, 5.41) is 10.2. The van der Waals surface area contributed by atoms with Gasteiger partial charge in [-0.1, -0.05) is 30.3 Å². The number of nitrogens with zero attached hydrogens (tertiary/aromatic N) is 1. The fourth-order valence-corrected chi connectivity index (χ4v) is 2.35. The van der Waals surface area contributed by atoms with Gasteiger partial charge in [-0.3, -0.25) is 4.79 Å². The molecule has 0 saturated carbocycles. The van der Waals surface area contributed by atoms with Crippen molar-refractivity contribution >= 4 is 11.6 Å². The van der Waals surface area contributed by atoms with E-state index in [1.807, 2.05) is 6.07 Å². The Labute approximate surface area is 121 Å². The third kappa shape index (κ3) is 2.60. The van der Waals surface area contributed by atoms with E-state index in [1.54, 1.807) is 24.3 Å². The van der Waals surface area contributed by atoms with Crippen LogP contribution in [0.15, 0.2) is 48.5 Å². The van der Waals surface area contributed by atoms with Crippen molar-refractivity contribution in [1.29, 1.82) is 0 Å². The molecule has 2 aromatic carbocycles. The number of ether oxygens (including phenoxy) is 1. The van der Waals surface area contributed by atoms with Gasteiger partial charge in [-0.05, 0) is 17.7 Å². The minimum absolute atomic E-state index is 0.268. The Morgan fingerprint density at radius 3 is 2.76 bits per heavy atom. The molecule has 0 bridgehead atoms. The van der Waals surface area contributed by atoms with Gasteiger partial charge in [-0.15, -0.1) is 0 Å². The molecule has 1 unspecified atom stereocenters. The molecule has 108 valence electrons. The first-order chi connectivity index (χ1) is 10.2. The van der Waals surface area contributed by atoms with E-state index in [-0.39, 0.29) is 6.61 Å². The van der Waals surface area contributed by atoms with E-state index in [9.17, 15) is 14.3 Å². The summed E-state index contributed by atoms with van der Waals surface area (Å²) in [6.07, 6.45) is -1.25. The van der Waals surface area contributed by atoms with E-state index in [0.717, 1.165) is 0 Å². The molecular weight excluding hydrogens is 273 g/mol. The van der Waals surface area contributed by atoms with Gasteiger partial charge >= 0.3 is 0 Å². The predicted octanol–water partition coefficient (Wildman–Crippen LogP) is 2.28. The monoisotopic (exact) mass is 287 g/mol. The van der Waals surface area contributed by atoms with Crippen molar-refractivity contribution in [2.24, 2.45) is 0 Å². The number of halogens is 1. The lowest BCUT2D eigenvalue weighted by atomic mass is 10.1. The maximum atomic E-state index is 13.2. The van der Waals surface area contributed by atoms with Gasteiger partial charge in [0, 0.05) is 6.07 Å². The normalized spacial score (nSPS) is 15.0. The first kappa shape index (κ1) is 13.6. The molecule has 0 spiro atoms. The van der Waals surface area contributed by atoms with Crippen LogP contribution in [0.1, 0.15) is 11.7 Å². The fourth-order valence-electron chi connectivity index (χ4n) is 2.35. The molecule has 1 heterocycles. The highest BCUT2D eigenvalue weighted by atomic mass is 19.1. The molecule has 0 aliphatic carbocycles. The molecule has 3 rings (SSSR count). The second-order valence-corrected chi connectivity index (χ2v) is 4.76. The number of rotatable bonds is 2. The summed E-state index contributed by atoms with van der Waals surface area (Å²) in [5.41, 5.74) is 1.00. The Hall–Kier alpha value is -2.40. The Bertz CT molecular complexity index is 660. The van der Waals surface area contributed by atoms with Gasteiger partial charge in [0.2, 0.25) is 0 Å². The standard InChI is InChI=1S/C16H14FNO3/c17-12-6-7-13-14(10-12)21-9-8-18(13)16(20)15(19)11-4-2-1-3-5-11/h1-7,10,15,19H,8-9H2. The van der Waals surface area contributed by atoms with Crippen molar-refractivity contribution in [3.8, 4) is 5.75 Å².